The first-order valence-electron chi connectivity index (χ1n) is 5.32. The molecule has 0 spiro atoms. The van der Waals surface area contributed by atoms with Gasteiger partial charge in [0.15, 0.2) is 6.20 Å². The molecule has 100 valence electrons. The van der Waals surface area contributed by atoms with E-state index in [9.17, 15) is 25.0 Å². The molecule has 2 heterocycles. The zero-order chi connectivity index (χ0) is 14.4. The highest BCUT2D eigenvalue weighted by atomic mass is 16.7. The van der Waals surface area contributed by atoms with Crippen molar-refractivity contribution in [3.05, 3.63) is 55.0 Å². The predicted octanol–water partition coefficient (Wildman–Crippen LogP) is 0.826. The van der Waals surface area contributed by atoms with E-state index in [0.29, 0.717) is 15.6 Å². The first kappa shape index (κ1) is 11.8. The van der Waals surface area contributed by atoms with Crippen LogP contribution in [-0.2, 0) is 0 Å². The number of aromatic nitrogens is 3. The lowest BCUT2D eigenvalue weighted by Crippen LogP contribution is -2.11. The number of hydrogen-bond donors (Lipinski definition) is 1. The fraction of sp³-hybridized carbons (Fsp3) is 0. The summed E-state index contributed by atoms with van der Waals surface area (Å²) in [5, 5.41) is 25.1. The molecule has 0 saturated heterocycles. The molecule has 0 aliphatic rings. The molecule has 10 heteroatoms. The van der Waals surface area contributed by atoms with E-state index >= 15 is 0 Å². The van der Waals surface area contributed by atoms with Gasteiger partial charge in [-0.1, -0.05) is 6.07 Å². The fourth-order valence-corrected chi connectivity index (χ4v) is 2.02. The Morgan fingerprint density at radius 2 is 2.00 bits per heavy atom. The van der Waals surface area contributed by atoms with Crippen molar-refractivity contribution in [3.8, 4) is 0 Å². The molecule has 10 nitrogen and oxygen atoms in total. The van der Waals surface area contributed by atoms with Crippen LogP contribution in [0, 0.1) is 20.2 Å². The van der Waals surface area contributed by atoms with Gasteiger partial charge in [-0.25, -0.2) is 0 Å². The topological polar surface area (TPSA) is 137 Å². The molecule has 0 bridgehead atoms. The highest BCUT2D eigenvalue weighted by Crippen LogP contribution is 2.24. The number of rotatable bonds is 2. The van der Waals surface area contributed by atoms with E-state index in [2.05, 4.69) is 10.1 Å². The van der Waals surface area contributed by atoms with E-state index in [0.717, 1.165) is 6.07 Å². The summed E-state index contributed by atoms with van der Waals surface area (Å²) < 4.78 is 0. The molecule has 20 heavy (non-hydrogen) atoms. The number of benzene rings is 1. The molecular weight excluding hydrogens is 270 g/mol. The fourth-order valence-electron chi connectivity index (χ4n) is 2.02. The van der Waals surface area contributed by atoms with Crippen LogP contribution >= 0.6 is 0 Å². The van der Waals surface area contributed by atoms with Crippen LogP contribution in [-0.4, -0.2) is 24.8 Å². The number of nitrogens with zero attached hydrogens (tertiary/aromatic N) is 4. The van der Waals surface area contributed by atoms with E-state index in [4.69, 9.17) is 0 Å². The lowest BCUT2D eigenvalue weighted by molar-refractivity contribution is -0.548. The van der Waals surface area contributed by atoms with Crippen LogP contribution in [0.2, 0.25) is 0 Å². The van der Waals surface area contributed by atoms with E-state index in [-0.39, 0.29) is 11.0 Å². The van der Waals surface area contributed by atoms with Gasteiger partial charge in [0.1, 0.15) is 5.52 Å². The minimum atomic E-state index is -0.871. The number of hydrogen-bond acceptors (Lipinski definition) is 6. The zero-order valence-electron chi connectivity index (χ0n) is 9.64. The second-order valence-corrected chi connectivity index (χ2v) is 3.98. The zero-order valence-corrected chi connectivity index (χ0v) is 9.64. The van der Waals surface area contributed by atoms with Gasteiger partial charge in [0, 0.05) is 21.3 Å². The molecule has 0 aliphatic carbocycles. The minimum absolute atomic E-state index is 0.187. The van der Waals surface area contributed by atoms with Crippen molar-refractivity contribution in [3.63, 3.8) is 0 Å². The molecule has 1 N–H and O–H groups in total. The maximum atomic E-state index is 11.6. The third-order valence-corrected chi connectivity index (χ3v) is 2.88. The van der Waals surface area contributed by atoms with Crippen molar-refractivity contribution >= 4 is 27.5 Å². The average Bonchev–Trinajstić information content (AvgIpc) is 2.81. The number of nitrogens with one attached hydrogen (secondary N) is 1. The third-order valence-electron chi connectivity index (χ3n) is 2.88. The maximum Gasteiger partial charge on any atom is 0.334 e. The SMILES string of the molecule is O=c1[nH]c2c(ccc3c2cnn3[N+](=O)[O-])cc1[N+](=O)[O-]. The Balaban J connectivity index is 2.44. The van der Waals surface area contributed by atoms with Crippen molar-refractivity contribution in [2.45, 2.75) is 0 Å². The number of H-pyrrole nitrogens is 1. The summed E-state index contributed by atoms with van der Waals surface area (Å²) in [5.74, 6) is 0. The van der Waals surface area contributed by atoms with Crippen LogP contribution in [0.25, 0.3) is 21.8 Å². The molecule has 0 radical (unpaired) electrons. The number of fused-ring (bicyclic) bond motifs is 3. The number of aromatic amines is 1. The Labute approximate surface area is 108 Å². The summed E-state index contributed by atoms with van der Waals surface area (Å²) in [7, 11) is 0. The second kappa shape index (κ2) is 3.85. The van der Waals surface area contributed by atoms with Crippen LogP contribution in [0.4, 0.5) is 5.69 Å². The third kappa shape index (κ3) is 1.51. The molecule has 1 aromatic carbocycles. The first-order chi connectivity index (χ1) is 9.49. The highest BCUT2D eigenvalue weighted by Gasteiger charge is 2.18. The van der Waals surface area contributed by atoms with Crippen molar-refractivity contribution in [1.82, 2.24) is 14.9 Å². The summed E-state index contributed by atoms with van der Waals surface area (Å²) in [5.41, 5.74) is -0.999. The van der Waals surface area contributed by atoms with Crippen LogP contribution in [0.1, 0.15) is 0 Å². The average molecular weight is 275 g/mol. The molecule has 0 unspecified atom stereocenters. The number of nitro groups is 2. The van der Waals surface area contributed by atoms with Gasteiger partial charge >= 0.3 is 11.2 Å². The molecule has 3 rings (SSSR count). The monoisotopic (exact) mass is 275 g/mol. The molecule has 0 aliphatic heterocycles. The van der Waals surface area contributed by atoms with Crippen molar-refractivity contribution in [2.24, 2.45) is 0 Å². The van der Waals surface area contributed by atoms with Gasteiger partial charge in [-0.15, -0.1) is 0 Å². The lowest BCUT2D eigenvalue weighted by atomic mass is 10.1. The van der Waals surface area contributed by atoms with Gasteiger partial charge < -0.3 is 15.1 Å². The van der Waals surface area contributed by atoms with Gasteiger partial charge in [0.25, 0.3) is 0 Å². The van der Waals surface area contributed by atoms with Crippen molar-refractivity contribution < 1.29 is 9.96 Å². The largest absolute Gasteiger partial charge is 0.339 e. The van der Waals surface area contributed by atoms with Crippen molar-refractivity contribution in [2.75, 3.05) is 0 Å². The van der Waals surface area contributed by atoms with Crippen LogP contribution in [0.3, 0.4) is 0 Å². The van der Waals surface area contributed by atoms with E-state index in [1.54, 1.807) is 0 Å². The summed E-state index contributed by atoms with van der Waals surface area (Å²) in [6.45, 7) is 0. The Morgan fingerprint density at radius 1 is 1.25 bits per heavy atom. The van der Waals surface area contributed by atoms with E-state index in [1.165, 1.54) is 18.3 Å². The summed E-state index contributed by atoms with van der Waals surface area (Å²) in [4.78, 5) is 35.2. The highest BCUT2D eigenvalue weighted by molar-refractivity contribution is 6.03. The lowest BCUT2D eigenvalue weighted by Gasteiger charge is -1.99. The van der Waals surface area contributed by atoms with Gasteiger partial charge in [-0.05, 0) is 6.07 Å². The Morgan fingerprint density at radius 3 is 2.65 bits per heavy atom. The normalized spacial score (nSPS) is 11.0. The molecule has 3 aromatic rings. The van der Waals surface area contributed by atoms with E-state index < -0.39 is 21.2 Å². The van der Waals surface area contributed by atoms with E-state index in [1.807, 2.05) is 0 Å². The minimum Gasteiger partial charge on any atom is -0.339 e. The second-order valence-electron chi connectivity index (χ2n) is 3.98. The summed E-state index contributed by atoms with van der Waals surface area (Å²) in [6, 6.07) is 3.98. The maximum absolute atomic E-state index is 11.6. The first-order valence-corrected chi connectivity index (χ1v) is 5.32. The van der Waals surface area contributed by atoms with Gasteiger partial charge in [0.05, 0.1) is 20.9 Å². The molecule has 0 saturated carbocycles. The standard InChI is InChI=1S/C10H5N5O5/c16-10-8(14(17)18)3-5-1-2-7-6(9(5)12-10)4-11-13(7)15(19)20/h1-4H,(H,12,16). The van der Waals surface area contributed by atoms with Crippen molar-refractivity contribution in [1.29, 1.82) is 0 Å². The Bertz CT molecular complexity index is 940. The summed E-state index contributed by atoms with van der Waals surface area (Å²) >= 11 is 0. The number of pyridine rings is 1. The van der Waals surface area contributed by atoms with Gasteiger partial charge in [-0.3, -0.25) is 14.9 Å². The van der Waals surface area contributed by atoms with Gasteiger partial charge in [-0.2, -0.15) is 0 Å². The van der Waals surface area contributed by atoms with Gasteiger partial charge in [0.2, 0.25) is 0 Å². The Hall–Kier alpha value is -3.30. The predicted molar refractivity (Wildman–Crippen MR) is 66.9 cm³/mol. The van der Waals surface area contributed by atoms with Crippen LogP contribution < -0.4 is 5.56 Å². The molecule has 0 atom stereocenters. The molecule has 0 fully saturated rings. The van der Waals surface area contributed by atoms with Crippen LogP contribution in [0.15, 0.2) is 29.2 Å². The Kier molecular flexibility index (Phi) is 2.26. The van der Waals surface area contributed by atoms with Crippen LogP contribution in [0.5, 0.6) is 0 Å². The smallest absolute Gasteiger partial charge is 0.334 e. The molecule has 2 aromatic heterocycles. The molecular formula is C10H5N5O5. The molecule has 0 amide bonds. The summed E-state index contributed by atoms with van der Waals surface area (Å²) in [6.07, 6.45) is 1.22. The quantitative estimate of drug-likeness (QED) is 0.543.